The highest BCUT2D eigenvalue weighted by Crippen LogP contribution is 2.16. The Balaban J connectivity index is 1.84. The van der Waals surface area contributed by atoms with Gasteiger partial charge in [0.2, 0.25) is 5.91 Å². The second kappa shape index (κ2) is 6.33. The van der Waals surface area contributed by atoms with Crippen LogP contribution in [-0.2, 0) is 11.2 Å². The van der Waals surface area contributed by atoms with Crippen molar-refractivity contribution in [2.75, 3.05) is 5.73 Å². The third kappa shape index (κ3) is 3.79. The first-order chi connectivity index (χ1) is 9.16. The lowest BCUT2D eigenvalue weighted by molar-refractivity contribution is -0.121. The molecule has 1 aromatic heterocycles. The lowest BCUT2D eigenvalue weighted by Crippen LogP contribution is -2.26. The number of thiazole rings is 1. The second-order valence-electron chi connectivity index (χ2n) is 4.36. The molecule has 0 aliphatic heterocycles. The molecule has 0 saturated carbocycles. The fraction of sp³-hybridized carbons (Fsp3) is 0.286. The van der Waals surface area contributed by atoms with Crippen molar-refractivity contribution < 1.29 is 4.79 Å². The molecule has 2 rings (SSSR count). The SMILES string of the molecule is CC(NC(=O)CCc1ccccc1N)c1nccs1. The van der Waals surface area contributed by atoms with E-state index in [2.05, 4.69) is 10.3 Å². The topological polar surface area (TPSA) is 68.0 Å². The molecule has 2 aromatic rings. The highest BCUT2D eigenvalue weighted by molar-refractivity contribution is 7.09. The molecule has 1 amide bonds. The number of aromatic nitrogens is 1. The van der Waals surface area contributed by atoms with E-state index in [1.54, 1.807) is 17.5 Å². The van der Waals surface area contributed by atoms with Crippen LogP contribution in [0.3, 0.4) is 0 Å². The number of rotatable bonds is 5. The summed E-state index contributed by atoms with van der Waals surface area (Å²) in [5.74, 6) is 0.0194. The number of nitrogens with one attached hydrogen (secondary N) is 1. The Morgan fingerprint density at radius 1 is 1.47 bits per heavy atom. The number of carbonyl (C=O) groups excluding carboxylic acids is 1. The first-order valence-corrected chi connectivity index (χ1v) is 7.07. The van der Waals surface area contributed by atoms with E-state index in [0.29, 0.717) is 12.8 Å². The zero-order chi connectivity index (χ0) is 13.7. The Labute approximate surface area is 116 Å². The van der Waals surface area contributed by atoms with Gasteiger partial charge < -0.3 is 11.1 Å². The van der Waals surface area contributed by atoms with Crippen molar-refractivity contribution >= 4 is 22.9 Å². The summed E-state index contributed by atoms with van der Waals surface area (Å²) in [6.07, 6.45) is 2.83. The average molecular weight is 275 g/mol. The minimum Gasteiger partial charge on any atom is -0.399 e. The molecular formula is C14H17N3OS. The molecular weight excluding hydrogens is 258 g/mol. The minimum absolute atomic E-state index is 0.0194. The minimum atomic E-state index is -0.0411. The highest BCUT2D eigenvalue weighted by Gasteiger charge is 2.11. The number of benzene rings is 1. The Kier molecular flexibility index (Phi) is 4.52. The summed E-state index contributed by atoms with van der Waals surface area (Å²) in [6, 6.07) is 7.59. The Hall–Kier alpha value is -1.88. The van der Waals surface area contributed by atoms with Gasteiger partial charge in [0.15, 0.2) is 0 Å². The highest BCUT2D eigenvalue weighted by atomic mass is 32.1. The summed E-state index contributed by atoms with van der Waals surface area (Å²) in [4.78, 5) is 16.0. The van der Waals surface area contributed by atoms with Crippen LogP contribution in [0.2, 0.25) is 0 Å². The maximum atomic E-state index is 11.9. The van der Waals surface area contributed by atoms with Crippen LogP contribution >= 0.6 is 11.3 Å². The van der Waals surface area contributed by atoms with Crippen molar-refractivity contribution in [3.8, 4) is 0 Å². The standard InChI is InChI=1S/C14H17N3OS/c1-10(14-16-8-9-19-14)17-13(18)7-6-11-4-2-3-5-12(11)15/h2-5,8-10H,6-7,15H2,1H3,(H,17,18). The third-order valence-corrected chi connectivity index (χ3v) is 3.83. The van der Waals surface area contributed by atoms with Crippen molar-refractivity contribution in [1.29, 1.82) is 0 Å². The number of carbonyl (C=O) groups is 1. The van der Waals surface area contributed by atoms with Gasteiger partial charge in [0, 0.05) is 23.7 Å². The van der Waals surface area contributed by atoms with Crippen LogP contribution in [0.1, 0.15) is 30.0 Å². The number of anilines is 1. The summed E-state index contributed by atoms with van der Waals surface area (Å²) < 4.78 is 0. The molecule has 0 fully saturated rings. The normalized spacial score (nSPS) is 12.1. The first kappa shape index (κ1) is 13.5. The van der Waals surface area contributed by atoms with Crippen LogP contribution in [-0.4, -0.2) is 10.9 Å². The summed E-state index contributed by atoms with van der Waals surface area (Å²) in [5.41, 5.74) is 7.60. The van der Waals surface area contributed by atoms with Gasteiger partial charge in [-0.05, 0) is 25.0 Å². The first-order valence-electron chi connectivity index (χ1n) is 6.19. The van der Waals surface area contributed by atoms with E-state index in [0.717, 1.165) is 16.3 Å². The maximum absolute atomic E-state index is 11.9. The number of para-hydroxylation sites is 1. The number of nitrogen functional groups attached to an aromatic ring is 1. The quantitative estimate of drug-likeness (QED) is 0.824. The van der Waals surface area contributed by atoms with E-state index in [1.165, 1.54) is 0 Å². The molecule has 1 unspecified atom stereocenters. The van der Waals surface area contributed by atoms with Gasteiger partial charge in [-0.15, -0.1) is 11.3 Å². The molecule has 19 heavy (non-hydrogen) atoms. The summed E-state index contributed by atoms with van der Waals surface area (Å²) in [7, 11) is 0. The molecule has 1 atom stereocenters. The largest absolute Gasteiger partial charge is 0.399 e. The van der Waals surface area contributed by atoms with Gasteiger partial charge in [0.25, 0.3) is 0 Å². The fourth-order valence-corrected chi connectivity index (χ4v) is 2.48. The lowest BCUT2D eigenvalue weighted by Gasteiger charge is -2.11. The lowest BCUT2D eigenvalue weighted by atomic mass is 10.1. The Bertz CT molecular complexity index is 539. The summed E-state index contributed by atoms with van der Waals surface area (Å²) in [5, 5.41) is 5.77. The maximum Gasteiger partial charge on any atom is 0.220 e. The zero-order valence-electron chi connectivity index (χ0n) is 10.8. The van der Waals surface area contributed by atoms with E-state index in [-0.39, 0.29) is 11.9 Å². The molecule has 0 saturated heterocycles. The fourth-order valence-electron chi connectivity index (χ4n) is 1.83. The van der Waals surface area contributed by atoms with E-state index < -0.39 is 0 Å². The third-order valence-electron chi connectivity index (χ3n) is 2.88. The van der Waals surface area contributed by atoms with Crippen molar-refractivity contribution in [2.24, 2.45) is 0 Å². The van der Waals surface area contributed by atoms with Gasteiger partial charge in [0.1, 0.15) is 5.01 Å². The number of nitrogens with zero attached hydrogens (tertiary/aromatic N) is 1. The molecule has 0 spiro atoms. The second-order valence-corrected chi connectivity index (χ2v) is 5.28. The van der Waals surface area contributed by atoms with E-state index in [4.69, 9.17) is 5.73 Å². The molecule has 1 heterocycles. The molecule has 4 nitrogen and oxygen atoms in total. The smallest absolute Gasteiger partial charge is 0.220 e. The van der Waals surface area contributed by atoms with Crippen LogP contribution in [0.15, 0.2) is 35.8 Å². The van der Waals surface area contributed by atoms with Gasteiger partial charge in [-0.25, -0.2) is 4.98 Å². The van der Waals surface area contributed by atoms with Crippen LogP contribution < -0.4 is 11.1 Å². The van der Waals surface area contributed by atoms with E-state index in [1.807, 2.05) is 36.6 Å². The van der Waals surface area contributed by atoms with Crippen molar-refractivity contribution in [1.82, 2.24) is 10.3 Å². The van der Waals surface area contributed by atoms with Gasteiger partial charge in [-0.2, -0.15) is 0 Å². The van der Waals surface area contributed by atoms with Crippen LogP contribution in [0.5, 0.6) is 0 Å². The number of aryl methyl sites for hydroxylation is 1. The van der Waals surface area contributed by atoms with E-state index >= 15 is 0 Å². The summed E-state index contributed by atoms with van der Waals surface area (Å²) >= 11 is 1.54. The number of amides is 1. The molecule has 0 aliphatic carbocycles. The van der Waals surface area contributed by atoms with Crippen LogP contribution in [0, 0.1) is 0 Å². The average Bonchev–Trinajstić information content (AvgIpc) is 2.91. The van der Waals surface area contributed by atoms with Gasteiger partial charge >= 0.3 is 0 Å². The van der Waals surface area contributed by atoms with Gasteiger partial charge in [-0.1, -0.05) is 18.2 Å². The van der Waals surface area contributed by atoms with Crippen molar-refractivity contribution in [2.45, 2.75) is 25.8 Å². The summed E-state index contributed by atoms with van der Waals surface area (Å²) in [6.45, 7) is 1.94. The predicted molar refractivity (Wildman–Crippen MR) is 77.8 cm³/mol. The monoisotopic (exact) mass is 275 g/mol. The molecule has 100 valence electrons. The van der Waals surface area contributed by atoms with Crippen molar-refractivity contribution in [3.05, 3.63) is 46.4 Å². The molecule has 0 radical (unpaired) electrons. The van der Waals surface area contributed by atoms with Gasteiger partial charge in [0.05, 0.1) is 6.04 Å². The molecule has 0 bridgehead atoms. The van der Waals surface area contributed by atoms with Crippen LogP contribution in [0.4, 0.5) is 5.69 Å². The Morgan fingerprint density at radius 2 is 2.26 bits per heavy atom. The number of hydrogen-bond acceptors (Lipinski definition) is 4. The predicted octanol–water partition coefficient (Wildman–Crippen LogP) is 2.54. The number of hydrogen-bond donors (Lipinski definition) is 2. The Morgan fingerprint density at radius 3 is 2.95 bits per heavy atom. The van der Waals surface area contributed by atoms with Gasteiger partial charge in [-0.3, -0.25) is 4.79 Å². The zero-order valence-corrected chi connectivity index (χ0v) is 11.6. The molecule has 0 aliphatic rings. The molecule has 1 aromatic carbocycles. The molecule has 3 N–H and O–H groups in total. The molecule has 5 heteroatoms. The van der Waals surface area contributed by atoms with Crippen LogP contribution in [0.25, 0.3) is 0 Å². The van der Waals surface area contributed by atoms with E-state index in [9.17, 15) is 4.79 Å². The van der Waals surface area contributed by atoms with Crippen molar-refractivity contribution in [3.63, 3.8) is 0 Å². The number of nitrogens with two attached hydrogens (primary N) is 1.